The van der Waals surface area contributed by atoms with Crippen molar-refractivity contribution in [3.63, 3.8) is 0 Å². The third-order valence-corrected chi connectivity index (χ3v) is 3.95. The van der Waals surface area contributed by atoms with Gasteiger partial charge in [0, 0.05) is 12.5 Å². The maximum atomic E-state index is 12.5. The number of carbonyl (C=O) groups is 2. The molecule has 0 saturated carbocycles. The van der Waals surface area contributed by atoms with Gasteiger partial charge >= 0.3 is 6.36 Å². The van der Waals surface area contributed by atoms with Crippen LogP contribution < -0.4 is 15.4 Å². The van der Waals surface area contributed by atoms with Gasteiger partial charge in [0.2, 0.25) is 11.8 Å². The van der Waals surface area contributed by atoms with Gasteiger partial charge in [-0.1, -0.05) is 32.9 Å². The first-order chi connectivity index (χ1) is 11.0. The summed E-state index contributed by atoms with van der Waals surface area (Å²) in [7, 11) is 0. The number of hydrogen-bond acceptors (Lipinski definition) is 3. The quantitative estimate of drug-likeness (QED) is 0.829. The molecule has 24 heavy (non-hydrogen) atoms. The average molecular weight is 344 g/mol. The number of nitrogens with one attached hydrogen (secondary N) is 2. The zero-order valence-corrected chi connectivity index (χ0v) is 13.5. The molecule has 2 rings (SSSR count). The first-order valence-electron chi connectivity index (χ1n) is 7.42. The fourth-order valence-corrected chi connectivity index (χ4v) is 2.72. The van der Waals surface area contributed by atoms with Crippen molar-refractivity contribution >= 4 is 17.5 Å². The monoisotopic (exact) mass is 344 g/mol. The molecule has 0 unspecified atom stereocenters. The van der Waals surface area contributed by atoms with Crippen LogP contribution in [0.15, 0.2) is 24.3 Å². The lowest BCUT2D eigenvalue weighted by Crippen LogP contribution is -2.37. The van der Waals surface area contributed by atoms with E-state index < -0.39 is 29.8 Å². The van der Waals surface area contributed by atoms with Crippen molar-refractivity contribution in [1.82, 2.24) is 5.32 Å². The smallest absolute Gasteiger partial charge is 0.404 e. The molecule has 2 atom stereocenters. The molecule has 0 aromatic heterocycles. The molecule has 1 aromatic carbocycles. The zero-order valence-electron chi connectivity index (χ0n) is 13.5. The highest BCUT2D eigenvalue weighted by Crippen LogP contribution is 2.37. The Kier molecular flexibility index (Phi) is 4.77. The lowest BCUT2D eigenvalue weighted by atomic mass is 9.74. The Morgan fingerprint density at radius 2 is 1.88 bits per heavy atom. The van der Waals surface area contributed by atoms with Gasteiger partial charge in [-0.2, -0.15) is 0 Å². The molecule has 8 heteroatoms. The Balaban J connectivity index is 2.22. The number of anilines is 1. The van der Waals surface area contributed by atoms with Gasteiger partial charge < -0.3 is 15.4 Å². The highest BCUT2D eigenvalue weighted by molar-refractivity contribution is 6.08. The highest BCUT2D eigenvalue weighted by Gasteiger charge is 2.46. The predicted molar refractivity (Wildman–Crippen MR) is 81.2 cm³/mol. The Hall–Kier alpha value is -2.25. The number of rotatable bonds is 3. The van der Waals surface area contributed by atoms with Gasteiger partial charge in [-0.15, -0.1) is 13.2 Å². The van der Waals surface area contributed by atoms with Crippen LogP contribution in [0.1, 0.15) is 20.8 Å². The van der Waals surface area contributed by atoms with Crippen molar-refractivity contribution in [2.24, 2.45) is 17.3 Å². The average Bonchev–Trinajstić information content (AvgIpc) is 2.81. The molecule has 0 aliphatic carbocycles. The summed E-state index contributed by atoms with van der Waals surface area (Å²) in [6.07, 6.45) is -4.88. The van der Waals surface area contributed by atoms with Crippen LogP contribution in [0.2, 0.25) is 0 Å². The molecule has 1 aliphatic rings. The van der Waals surface area contributed by atoms with Crippen LogP contribution >= 0.6 is 0 Å². The van der Waals surface area contributed by atoms with Crippen LogP contribution in [0.25, 0.3) is 0 Å². The summed E-state index contributed by atoms with van der Waals surface area (Å²) in [4.78, 5) is 24.5. The SMILES string of the molecule is CC(C)(C)[C@H]1CNC(=O)[C@H]1C(=O)Nc1ccccc1OC(F)(F)F. The summed E-state index contributed by atoms with van der Waals surface area (Å²) in [5.74, 6) is -2.83. The third kappa shape index (κ3) is 4.18. The number of hydrogen-bond donors (Lipinski definition) is 2. The molecule has 5 nitrogen and oxygen atoms in total. The molecular formula is C16H19F3N2O3. The van der Waals surface area contributed by atoms with E-state index in [1.54, 1.807) is 0 Å². The molecule has 0 bridgehead atoms. The Labute approximate surface area is 137 Å². The standard InChI is InChI=1S/C16H19F3N2O3/c1-15(2,3)9-8-20-13(22)12(9)14(23)21-10-6-4-5-7-11(10)24-16(17,18)19/h4-7,9,12H,8H2,1-3H3,(H,20,22)(H,21,23)/t9-,12-/m0/s1. The number of amides is 2. The molecule has 1 aromatic rings. The fourth-order valence-electron chi connectivity index (χ4n) is 2.72. The molecule has 1 saturated heterocycles. The van der Waals surface area contributed by atoms with Gasteiger partial charge in [-0.05, 0) is 17.5 Å². The maximum absolute atomic E-state index is 12.5. The third-order valence-electron chi connectivity index (χ3n) is 3.95. The van der Waals surface area contributed by atoms with Gasteiger partial charge in [0.05, 0.1) is 5.69 Å². The van der Waals surface area contributed by atoms with Crippen LogP contribution in [0.3, 0.4) is 0 Å². The number of para-hydroxylation sites is 2. The van der Waals surface area contributed by atoms with Crippen LogP contribution in [0, 0.1) is 17.3 Å². The zero-order chi connectivity index (χ0) is 18.1. The minimum atomic E-state index is -4.88. The van der Waals surface area contributed by atoms with Gasteiger partial charge in [-0.25, -0.2) is 0 Å². The summed E-state index contributed by atoms with van der Waals surface area (Å²) >= 11 is 0. The largest absolute Gasteiger partial charge is 0.573 e. The lowest BCUT2D eigenvalue weighted by Gasteiger charge is -2.29. The first-order valence-corrected chi connectivity index (χ1v) is 7.42. The van der Waals surface area contributed by atoms with Crippen LogP contribution in [0.4, 0.5) is 18.9 Å². The molecule has 2 N–H and O–H groups in total. The number of alkyl halides is 3. The molecule has 132 valence electrons. The van der Waals surface area contributed by atoms with Gasteiger partial charge in [0.15, 0.2) is 5.75 Å². The second-order valence-electron chi connectivity index (χ2n) is 6.73. The lowest BCUT2D eigenvalue weighted by molar-refractivity contribution is -0.274. The topological polar surface area (TPSA) is 67.4 Å². The number of benzene rings is 1. The number of ether oxygens (including phenoxy) is 1. The van der Waals surface area contributed by atoms with E-state index in [4.69, 9.17) is 0 Å². The molecular weight excluding hydrogens is 325 g/mol. The van der Waals surface area contributed by atoms with Crippen molar-refractivity contribution in [2.75, 3.05) is 11.9 Å². The molecule has 1 heterocycles. The van der Waals surface area contributed by atoms with E-state index in [2.05, 4.69) is 15.4 Å². The molecule has 0 radical (unpaired) electrons. The molecule has 0 spiro atoms. The minimum absolute atomic E-state index is 0.132. The van der Waals surface area contributed by atoms with E-state index in [0.717, 1.165) is 6.07 Å². The summed E-state index contributed by atoms with van der Waals surface area (Å²) in [5, 5.41) is 5.02. The second-order valence-corrected chi connectivity index (χ2v) is 6.73. The number of carbonyl (C=O) groups excluding carboxylic acids is 2. The van der Waals surface area contributed by atoms with E-state index in [-0.39, 0.29) is 17.0 Å². The Bertz CT molecular complexity index is 638. The van der Waals surface area contributed by atoms with Crippen molar-refractivity contribution in [1.29, 1.82) is 0 Å². The van der Waals surface area contributed by atoms with Crippen molar-refractivity contribution < 1.29 is 27.5 Å². The summed E-state index contributed by atoms with van der Waals surface area (Å²) in [6, 6.07) is 5.21. The van der Waals surface area contributed by atoms with Crippen LogP contribution in [0.5, 0.6) is 5.75 Å². The van der Waals surface area contributed by atoms with Crippen LogP contribution in [-0.2, 0) is 9.59 Å². The van der Waals surface area contributed by atoms with Crippen molar-refractivity contribution in [3.05, 3.63) is 24.3 Å². The van der Waals surface area contributed by atoms with Gasteiger partial charge in [0.25, 0.3) is 0 Å². The summed E-state index contributed by atoms with van der Waals surface area (Å²) < 4.78 is 41.2. The predicted octanol–water partition coefficient (Wildman–Crippen LogP) is 2.93. The summed E-state index contributed by atoms with van der Waals surface area (Å²) in [6.45, 7) is 6.05. The fraction of sp³-hybridized carbons (Fsp3) is 0.500. The van der Waals surface area contributed by atoms with E-state index in [9.17, 15) is 22.8 Å². The Morgan fingerprint density at radius 1 is 1.25 bits per heavy atom. The normalized spacial score (nSPS) is 21.3. The van der Waals surface area contributed by atoms with Crippen molar-refractivity contribution in [2.45, 2.75) is 27.1 Å². The number of halogens is 3. The second kappa shape index (κ2) is 6.33. The van der Waals surface area contributed by atoms with E-state index in [1.165, 1.54) is 18.2 Å². The highest BCUT2D eigenvalue weighted by atomic mass is 19.4. The van der Waals surface area contributed by atoms with Crippen LogP contribution in [-0.4, -0.2) is 24.7 Å². The van der Waals surface area contributed by atoms with Crippen molar-refractivity contribution in [3.8, 4) is 5.75 Å². The van der Waals surface area contributed by atoms with E-state index in [1.807, 2.05) is 20.8 Å². The first kappa shape index (κ1) is 18.1. The summed E-state index contributed by atoms with van der Waals surface area (Å²) in [5.41, 5.74) is -0.449. The molecule has 2 amide bonds. The molecule has 1 fully saturated rings. The molecule has 1 aliphatic heterocycles. The minimum Gasteiger partial charge on any atom is -0.404 e. The van der Waals surface area contributed by atoms with E-state index >= 15 is 0 Å². The Morgan fingerprint density at radius 3 is 2.46 bits per heavy atom. The maximum Gasteiger partial charge on any atom is 0.573 e. The van der Waals surface area contributed by atoms with Gasteiger partial charge in [-0.3, -0.25) is 9.59 Å². The van der Waals surface area contributed by atoms with Gasteiger partial charge in [0.1, 0.15) is 5.92 Å². The van der Waals surface area contributed by atoms with E-state index in [0.29, 0.717) is 6.54 Å².